The quantitative estimate of drug-likeness (QED) is 0.536. The number of rotatable bonds is 7. The third-order valence-electron chi connectivity index (χ3n) is 3.05. The number of hydrogen-bond acceptors (Lipinski definition) is 3. The molecule has 0 saturated carbocycles. The van der Waals surface area contributed by atoms with Crippen molar-refractivity contribution in [3.63, 3.8) is 0 Å². The number of hydrogen-bond donors (Lipinski definition) is 2. The summed E-state index contributed by atoms with van der Waals surface area (Å²) in [6.07, 6.45) is 3.95. The Bertz CT molecular complexity index is 320. The zero-order valence-electron chi connectivity index (χ0n) is 11.1. The first-order valence-corrected chi connectivity index (χ1v) is 6.59. The van der Waals surface area contributed by atoms with E-state index in [4.69, 9.17) is 9.84 Å². The van der Waals surface area contributed by atoms with E-state index >= 15 is 0 Å². The molecular weight excluding hydrogens is 248 g/mol. The van der Waals surface area contributed by atoms with Crippen molar-refractivity contribution in [3.05, 3.63) is 12.7 Å². The summed E-state index contributed by atoms with van der Waals surface area (Å²) in [4.78, 5) is 24.3. The molecule has 1 aliphatic rings. The summed E-state index contributed by atoms with van der Waals surface area (Å²) in [5.41, 5.74) is 0. The minimum absolute atomic E-state index is 0.210. The number of carboxylic acids is 1. The first kappa shape index (κ1) is 15.5. The standard InChI is InChI=1S/C13H22N2O4/c1-2-3-8-19-9-6-14-13(18)15-7-4-5-11(10-15)12(16)17/h2,11H,1,3-10H2,(H,14,18)(H,16,17)/t11-/m1/s1. The molecule has 19 heavy (non-hydrogen) atoms. The highest BCUT2D eigenvalue weighted by Gasteiger charge is 2.27. The zero-order chi connectivity index (χ0) is 14.1. The highest BCUT2D eigenvalue weighted by molar-refractivity contribution is 5.76. The van der Waals surface area contributed by atoms with Crippen LogP contribution in [-0.2, 0) is 9.53 Å². The number of nitrogens with one attached hydrogen (secondary N) is 1. The van der Waals surface area contributed by atoms with Crippen LogP contribution < -0.4 is 5.32 Å². The Morgan fingerprint density at radius 2 is 2.26 bits per heavy atom. The molecule has 0 bridgehead atoms. The summed E-state index contributed by atoms with van der Waals surface area (Å²) >= 11 is 0. The van der Waals surface area contributed by atoms with Gasteiger partial charge in [-0.2, -0.15) is 0 Å². The van der Waals surface area contributed by atoms with Gasteiger partial charge < -0.3 is 20.1 Å². The molecule has 0 radical (unpaired) electrons. The number of likely N-dealkylation sites (tertiary alicyclic amines) is 1. The first-order chi connectivity index (χ1) is 9.15. The molecule has 1 aliphatic heterocycles. The van der Waals surface area contributed by atoms with Crippen molar-refractivity contribution < 1.29 is 19.4 Å². The lowest BCUT2D eigenvalue weighted by Gasteiger charge is -2.30. The van der Waals surface area contributed by atoms with Gasteiger partial charge in [0, 0.05) is 19.6 Å². The number of carboxylic acid groups (broad SMARTS) is 1. The second-order valence-electron chi connectivity index (χ2n) is 4.55. The third kappa shape index (κ3) is 5.74. The number of urea groups is 1. The van der Waals surface area contributed by atoms with E-state index in [0.717, 1.165) is 12.8 Å². The predicted octanol–water partition coefficient (Wildman–Crippen LogP) is 1.09. The maximum Gasteiger partial charge on any atom is 0.317 e. The van der Waals surface area contributed by atoms with Crippen molar-refractivity contribution >= 4 is 12.0 Å². The molecule has 0 aromatic rings. The van der Waals surface area contributed by atoms with E-state index < -0.39 is 11.9 Å². The summed E-state index contributed by atoms with van der Waals surface area (Å²) in [7, 11) is 0. The second-order valence-corrected chi connectivity index (χ2v) is 4.55. The number of piperidine rings is 1. The average molecular weight is 270 g/mol. The minimum Gasteiger partial charge on any atom is -0.481 e. The SMILES string of the molecule is C=CCCOCCNC(=O)N1CCC[C@@H](C(=O)O)C1. The van der Waals surface area contributed by atoms with Gasteiger partial charge in [0.05, 0.1) is 19.1 Å². The number of aliphatic carboxylic acids is 1. The number of ether oxygens (including phenoxy) is 1. The Morgan fingerprint density at radius 1 is 1.47 bits per heavy atom. The van der Waals surface area contributed by atoms with Gasteiger partial charge in [-0.3, -0.25) is 4.79 Å². The maximum atomic E-state index is 11.8. The van der Waals surface area contributed by atoms with Crippen LogP contribution in [0.3, 0.4) is 0 Å². The normalized spacial score (nSPS) is 18.9. The average Bonchev–Trinajstić information content (AvgIpc) is 2.42. The van der Waals surface area contributed by atoms with Gasteiger partial charge in [-0.1, -0.05) is 6.08 Å². The lowest BCUT2D eigenvalue weighted by atomic mass is 9.99. The monoisotopic (exact) mass is 270 g/mol. The molecule has 1 rings (SSSR count). The van der Waals surface area contributed by atoms with Crippen LogP contribution in [-0.4, -0.2) is 54.9 Å². The molecule has 6 nitrogen and oxygen atoms in total. The predicted molar refractivity (Wildman–Crippen MR) is 71.0 cm³/mol. The molecule has 2 amide bonds. The van der Waals surface area contributed by atoms with Crippen LogP contribution in [0, 0.1) is 5.92 Å². The molecule has 6 heteroatoms. The second kappa shape index (κ2) is 8.53. The van der Waals surface area contributed by atoms with Crippen LogP contribution in [0.1, 0.15) is 19.3 Å². The summed E-state index contributed by atoms with van der Waals surface area (Å²) in [6, 6.07) is -0.210. The Morgan fingerprint density at radius 3 is 2.95 bits per heavy atom. The Labute approximate surface area is 113 Å². The smallest absolute Gasteiger partial charge is 0.317 e. The Kier molecular flexibility index (Phi) is 6.95. The van der Waals surface area contributed by atoms with Gasteiger partial charge >= 0.3 is 12.0 Å². The number of carbonyl (C=O) groups excluding carboxylic acids is 1. The Hall–Kier alpha value is -1.56. The number of carbonyl (C=O) groups is 2. The lowest BCUT2D eigenvalue weighted by molar-refractivity contribution is -0.143. The van der Waals surface area contributed by atoms with Crippen LogP contribution >= 0.6 is 0 Å². The molecule has 108 valence electrons. The highest BCUT2D eigenvalue weighted by Crippen LogP contribution is 2.16. The zero-order valence-corrected chi connectivity index (χ0v) is 11.1. The van der Waals surface area contributed by atoms with E-state index in [2.05, 4.69) is 11.9 Å². The van der Waals surface area contributed by atoms with Crippen LogP contribution in [0.4, 0.5) is 4.79 Å². The number of amides is 2. The van der Waals surface area contributed by atoms with E-state index in [1.54, 1.807) is 11.0 Å². The van der Waals surface area contributed by atoms with Crippen molar-refractivity contribution in [2.45, 2.75) is 19.3 Å². The molecule has 1 saturated heterocycles. The highest BCUT2D eigenvalue weighted by atomic mass is 16.5. The van der Waals surface area contributed by atoms with Gasteiger partial charge in [-0.05, 0) is 19.3 Å². The van der Waals surface area contributed by atoms with E-state index in [0.29, 0.717) is 39.3 Å². The van der Waals surface area contributed by atoms with Crippen molar-refractivity contribution in [2.24, 2.45) is 5.92 Å². The van der Waals surface area contributed by atoms with Gasteiger partial charge in [-0.15, -0.1) is 6.58 Å². The lowest BCUT2D eigenvalue weighted by Crippen LogP contribution is -2.47. The minimum atomic E-state index is -0.828. The van der Waals surface area contributed by atoms with E-state index in [1.807, 2.05) is 0 Å². The van der Waals surface area contributed by atoms with Crippen molar-refractivity contribution in [2.75, 3.05) is 32.8 Å². The maximum absolute atomic E-state index is 11.8. The fourth-order valence-electron chi connectivity index (χ4n) is 1.97. The topological polar surface area (TPSA) is 78.9 Å². The van der Waals surface area contributed by atoms with E-state index in [9.17, 15) is 9.59 Å². The van der Waals surface area contributed by atoms with Gasteiger partial charge in [0.15, 0.2) is 0 Å². The summed E-state index contributed by atoms with van der Waals surface area (Å²) < 4.78 is 5.27. The molecule has 1 fully saturated rings. The van der Waals surface area contributed by atoms with Crippen molar-refractivity contribution in [1.82, 2.24) is 10.2 Å². The summed E-state index contributed by atoms with van der Waals surface area (Å²) in [5.74, 6) is -1.27. The molecule has 0 spiro atoms. The van der Waals surface area contributed by atoms with Crippen LogP contribution in [0.2, 0.25) is 0 Å². The number of nitrogens with zero attached hydrogens (tertiary/aromatic N) is 1. The molecule has 1 heterocycles. The fourth-order valence-corrected chi connectivity index (χ4v) is 1.97. The van der Waals surface area contributed by atoms with Crippen molar-refractivity contribution in [1.29, 1.82) is 0 Å². The van der Waals surface area contributed by atoms with Gasteiger partial charge in [0.2, 0.25) is 0 Å². The molecule has 2 N–H and O–H groups in total. The summed E-state index contributed by atoms with van der Waals surface area (Å²) in [5, 5.41) is 11.7. The largest absolute Gasteiger partial charge is 0.481 e. The van der Waals surface area contributed by atoms with Crippen LogP contribution in [0.15, 0.2) is 12.7 Å². The van der Waals surface area contributed by atoms with E-state index in [1.165, 1.54) is 0 Å². The molecule has 0 aliphatic carbocycles. The Balaban J connectivity index is 2.18. The van der Waals surface area contributed by atoms with Gasteiger partial charge in [0.1, 0.15) is 0 Å². The molecule has 0 unspecified atom stereocenters. The van der Waals surface area contributed by atoms with Crippen LogP contribution in [0.25, 0.3) is 0 Å². The third-order valence-corrected chi connectivity index (χ3v) is 3.05. The van der Waals surface area contributed by atoms with E-state index in [-0.39, 0.29) is 6.03 Å². The summed E-state index contributed by atoms with van der Waals surface area (Å²) in [6.45, 7) is 5.98. The van der Waals surface area contributed by atoms with Crippen LogP contribution in [0.5, 0.6) is 0 Å². The molecule has 0 aromatic heterocycles. The molecular formula is C13H22N2O4. The van der Waals surface area contributed by atoms with Gasteiger partial charge in [-0.25, -0.2) is 4.79 Å². The molecule has 0 aromatic carbocycles. The van der Waals surface area contributed by atoms with Crippen molar-refractivity contribution in [3.8, 4) is 0 Å². The fraction of sp³-hybridized carbons (Fsp3) is 0.692. The first-order valence-electron chi connectivity index (χ1n) is 6.59. The molecule has 1 atom stereocenters. The van der Waals surface area contributed by atoms with Gasteiger partial charge in [0.25, 0.3) is 0 Å².